The molecular formula is C15H24ClN3O. The van der Waals surface area contributed by atoms with Crippen molar-refractivity contribution in [2.75, 3.05) is 32.6 Å². The van der Waals surface area contributed by atoms with Crippen LogP contribution in [0.2, 0.25) is 5.02 Å². The third-order valence-electron chi connectivity index (χ3n) is 3.06. The SMILES string of the molecule is CC(C)NCc1c(Cl)cccc1N(C)CC(=O)N(C)C. The first kappa shape index (κ1) is 16.8. The topological polar surface area (TPSA) is 35.6 Å². The molecule has 0 radical (unpaired) electrons. The van der Waals surface area contributed by atoms with Crippen LogP contribution in [0.1, 0.15) is 19.4 Å². The number of carbonyl (C=O) groups excluding carboxylic acids is 1. The fraction of sp³-hybridized carbons (Fsp3) is 0.533. The molecule has 1 N–H and O–H groups in total. The smallest absolute Gasteiger partial charge is 0.241 e. The lowest BCUT2D eigenvalue weighted by Crippen LogP contribution is -2.35. The summed E-state index contributed by atoms with van der Waals surface area (Å²) < 4.78 is 0. The van der Waals surface area contributed by atoms with Gasteiger partial charge in [-0.25, -0.2) is 0 Å². The Labute approximate surface area is 126 Å². The van der Waals surface area contributed by atoms with Gasteiger partial charge >= 0.3 is 0 Å². The Hall–Kier alpha value is -1.26. The number of amides is 1. The molecule has 1 aromatic rings. The van der Waals surface area contributed by atoms with Gasteiger partial charge in [-0.2, -0.15) is 0 Å². The summed E-state index contributed by atoms with van der Waals surface area (Å²) in [4.78, 5) is 15.4. The molecule has 0 bridgehead atoms. The molecule has 0 saturated heterocycles. The number of likely N-dealkylation sites (N-methyl/N-ethyl adjacent to an activating group) is 2. The Kier molecular flexibility index (Phi) is 6.30. The summed E-state index contributed by atoms with van der Waals surface area (Å²) in [5.74, 6) is 0.0650. The zero-order valence-corrected chi connectivity index (χ0v) is 13.7. The van der Waals surface area contributed by atoms with Gasteiger partial charge in [0.05, 0.1) is 6.54 Å². The third kappa shape index (κ3) is 4.69. The highest BCUT2D eigenvalue weighted by molar-refractivity contribution is 6.31. The lowest BCUT2D eigenvalue weighted by Gasteiger charge is -2.24. The molecule has 1 amide bonds. The first-order valence-electron chi connectivity index (χ1n) is 6.75. The standard InChI is InChI=1S/C15H24ClN3O/c1-11(2)17-9-12-13(16)7-6-8-14(12)19(5)10-15(20)18(3)4/h6-8,11,17H,9-10H2,1-5H3. The minimum absolute atomic E-state index is 0.0650. The average molecular weight is 298 g/mol. The van der Waals surface area contributed by atoms with E-state index in [1.54, 1.807) is 19.0 Å². The van der Waals surface area contributed by atoms with E-state index in [9.17, 15) is 4.79 Å². The molecule has 0 aromatic heterocycles. The van der Waals surface area contributed by atoms with E-state index < -0.39 is 0 Å². The van der Waals surface area contributed by atoms with Crippen LogP contribution in [0.15, 0.2) is 18.2 Å². The molecule has 0 unspecified atom stereocenters. The second-order valence-electron chi connectivity index (χ2n) is 5.42. The van der Waals surface area contributed by atoms with Crippen LogP contribution < -0.4 is 10.2 Å². The average Bonchev–Trinajstić information content (AvgIpc) is 2.36. The largest absolute Gasteiger partial charge is 0.365 e. The zero-order chi connectivity index (χ0) is 15.3. The van der Waals surface area contributed by atoms with E-state index >= 15 is 0 Å². The van der Waals surface area contributed by atoms with Crippen molar-refractivity contribution in [1.82, 2.24) is 10.2 Å². The van der Waals surface area contributed by atoms with E-state index in [2.05, 4.69) is 19.2 Å². The lowest BCUT2D eigenvalue weighted by molar-refractivity contribution is -0.127. The number of hydrogen-bond acceptors (Lipinski definition) is 3. The number of nitrogens with zero attached hydrogens (tertiary/aromatic N) is 2. The van der Waals surface area contributed by atoms with Gasteiger partial charge in [-0.3, -0.25) is 4.79 Å². The molecule has 5 heteroatoms. The molecule has 0 aliphatic carbocycles. The van der Waals surface area contributed by atoms with Gasteiger partial charge in [0.2, 0.25) is 5.91 Å². The molecule has 0 atom stereocenters. The van der Waals surface area contributed by atoms with Crippen LogP contribution in [0.5, 0.6) is 0 Å². The molecule has 0 heterocycles. The molecule has 4 nitrogen and oxygen atoms in total. The van der Waals surface area contributed by atoms with Crippen LogP contribution in [-0.4, -0.2) is 44.5 Å². The maximum absolute atomic E-state index is 11.8. The van der Waals surface area contributed by atoms with Crippen LogP contribution in [0.4, 0.5) is 5.69 Å². The van der Waals surface area contributed by atoms with Gasteiger partial charge in [-0.1, -0.05) is 31.5 Å². The van der Waals surface area contributed by atoms with Gasteiger partial charge in [-0.05, 0) is 12.1 Å². The van der Waals surface area contributed by atoms with Crippen LogP contribution in [0, 0.1) is 0 Å². The molecule has 0 aliphatic heterocycles. The Morgan fingerprint density at radius 2 is 1.95 bits per heavy atom. The van der Waals surface area contributed by atoms with E-state index in [0.29, 0.717) is 19.1 Å². The fourth-order valence-electron chi connectivity index (χ4n) is 1.82. The number of benzene rings is 1. The summed E-state index contributed by atoms with van der Waals surface area (Å²) >= 11 is 6.29. The highest BCUT2D eigenvalue weighted by Crippen LogP contribution is 2.27. The second kappa shape index (κ2) is 7.50. The molecule has 0 aliphatic rings. The van der Waals surface area contributed by atoms with Crippen molar-refractivity contribution in [2.24, 2.45) is 0 Å². The summed E-state index contributed by atoms with van der Waals surface area (Å²) in [6.07, 6.45) is 0. The van der Waals surface area contributed by atoms with Crippen molar-refractivity contribution >= 4 is 23.2 Å². The van der Waals surface area contributed by atoms with E-state index in [4.69, 9.17) is 11.6 Å². The Balaban J connectivity index is 2.92. The highest BCUT2D eigenvalue weighted by Gasteiger charge is 2.14. The fourth-order valence-corrected chi connectivity index (χ4v) is 2.05. The summed E-state index contributed by atoms with van der Waals surface area (Å²) in [7, 11) is 5.43. The summed E-state index contributed by atoms with van der Waals surface area (Å²) in [6.45, 7) is 5.21. The van der Waals surface area contributed by atoms with Crippen molar-refractivity contribution in [3.63, 3.8) is 0 Å². The number of carbonyl (C=O) groups is 1. The molecule has 0 saturated carbocycles. The number of hydrogen-bond donors (Lipinski definition) is 1. The Morgan fingerprint density at radius 1 is 1.30 bits per heavy atom. The van der Waals surface area contributed by atoms with Crippen molar-refractivity contribution in [2.45, 2.75) is 26.4 Å². The summed E-state index contributed by atoms with van der Waals surface area (Å²) in [5, 5.41) is 4.09. The number of halogens is 1. The van der Waals surface area contributed by atoms with E-state index in [1.807, 2.05) is 30.1 Å². The quantitative estimate of drug-likeness (QED) is 0.875. The van der Waals surface area contributed by atoms with Crippen LogP contribution in [0.25, 0.3) is 0 Å². The molecule has 0 spiro atoms. The van der Waals surface area contributed by atoms with Gasteiger partial charge in [0, 0.05) is 50.0 Å². The minimum Gasteiger partial charge on any atom is -0.365 e. The van der Waals surface area contributed by atoms with Crippen molar-refractivity contribution in [1.29, 1.82) is 0 Å². The Bertz CT molecular complexity index is 460. The predicted octanol–water partition coefficient (Wildman–Crippen LogP) is 2.36. The maximum Gasteiger partial charge on any atom is 0.241 e. The molecule has 1 aromatic carbocycles. The lowest BCUT2D eigenvalue weighted by atomic mass is 10.1. The van der Waals surface area contributed by atoms with Crippen LogP contribution >= 0.6 is 11.6 Å². The predicted molar refractivity (Wildman–Crippen MR) is 85.4 cm³/mol. The molecule has 1 rings (SSSR count). The highest BCUT2D eigenvalue weighted by atomic mass is 35.5. The second-order valence-corrected chi connectivity index (χ2v) is 5.82. The Morgan fingerprint density at radius 3 is 2.50 bits per heavy atom. The van der Waals surface area contributed by atoms with Gasteiger partial charge in [0.25, 0.3) is 0 Å². The van der Waals surface area contributed by atoms with Gasteiger partial charge in [0.15, 0.2) is 0 Å². The number of anilines is 1. The number of rotatable bonds is 6. The third-order valence-corrected chi connectivity index (χ3v) is 3.42. The summed E-state index contributed by atoms with van der Waals surface area (Å²) in [5.41, 5.74) is 2.01. The van der Waals surface area contributed by atoms with E-state index in [1.165, 1.54) is 0 Å². The van der Waals surface area contributed by atoms with Gasteiger partial charge in [0.1, 0.15) is 0 Å². The van der Waals surface area contributed by atoms with Crippen molar-refractivity contribution in [3.8, 4) is 0 Å². The van der Waals surface area contributed by atoms with E-state index in [0.717, 1.165) is 16.3 Å². The molecule has 112 valence electrons. The minimum atomic E-state index is 0.0650. The van der Waals surface area contributed by atoms with Crippen molar-refractivity contribution in [3.05, 3.63) is 28.8 Å². The number of nitrogens with one attached hydrogen (secondary N) is 1. The molecular weight excluding hydrogens is 274 g/mol. The zero-order valence-electron chi connectivity index (χ0n) is 12.9. The first-order valence-corrected chi connectivity index (χ1v) is 7.12. The first-order chi connectivity index (χ1) is 9.32. The normalized spacial score (nSPS) is 10.8. The summed E-state index contributed by atoms with van der Waals surface area (Å²) in [6, 6.07) is 6.16. The molecule has 0 fully saturated rings. The van der Waals surface area contributed by atoms with Gasteiger partial charge in [-0.15, -0.1) is 0 Å². The van der Waals surface area contributed by atoms with Crippen LogP contribution in [-0.2, 0) is 11.3 Å². The van der Waals surface area contributed by atoms with E-state index in [-0.39, 0.29) is 5.91 Å². The monoisotopic (exact) mass is 297 g/mol. The molecule has 20 heavy (non-hydrogen) atoms. The van der Waals surface area contributed by atoms with Gasteiger partial charge < -0.3 is 15.1 Å². The maximum atomic E-state index is 11.8. The van der Waals surface area contributed by atoms with Crippen molar-refractivity contribution < 1.29 is 4.79 Å². The van der Waals surface area contributed by atoms with Crippen LogP contribution in [0.3, 0.4) is 0 Å².